The molecule has 0 aromatic rings. The van der Waals surface area contributed by atoms with Crippen molar-refractivity contribution >= 4 is 59.9 Å². The number of rotatable bonds is 16. The van der Waals surface area contributed by atoms with Crippen molar-refractivity contribution in [3.05, 3.63) is 0 Å². The molecule has 0 aromatic heterocycles. The Balaban J connectivity index is 1.61. The van der Waals surface area contributed by atoms with E-state index in [2.05, 4.69) is 51.0 Å². The fraction of sp³-hybridized carbons (Fsp3) is 0.810. The highest BCUT2D eigenvalue weighted by Crippen LogP contribution is 2.31. The van der Waals surface area contributed by atoms with Crippen LogP contribution < -0.4 is 26.6 Å². The highest BCUT2D eigenvalue weighted by atomic mass is 32.2. The lowest BCUT2D eigenvalue weighted by molar-refractivity contribution is -0.123. The van der Waals surface area contributed by atoms with E-state index in [-0.39, 0.29) is 59.3 Å². The lowest BCUT2D eigenvalue weighted by Gasteiger charge is -2.24. The smallest absolute Gasteiger partial charge is 0.315 e. The zero-order chi connectivity index (χ0) is 24.9. The number of nitrogens with zero attached hydrogens (tertiary/aromatic N) is 1. The summed E-state index contributed by atoms with van der Waals surface area (Å²) in [6, 6.07) is -0.215. The third kappa shape index (κ3) is 10.5. The first-order valence-corrected chi connectivity index (χ1v) is 14.5. The van der Waals surface area contributed by atoms with Gasteiger partial charge in [0.05, 0.1) is 17.8 Å². The molecule has 2 rings (SSSR count). The van der Waals surface area contributed by atoms with Crippen LogP contribution in [-0.4, -0.2) is 108 Å². The monoisotopic (exact) mass is 534 g/mol. The van der Waals surface area contributed by atoms with E-state index in [4.69, 9.17) is 0 Å². The normalized spacial score (nSPS) is 22.0. The van der Waals surface area contributed by atoms with Crippen LogP contribution in [0.15, 0.2) is 0 Å². The van der Waals surface area contributed by atoms with E-state index in [0.717, 1.165) is 23.8 Å². The summed E-state index contributed by atoms with van der Waals surface area (Å²) in [6.07, 6.45) is 1.15. The van der Waals surface area contributed by atoms with Crippen LogP contribution in [0.25, 0.3) is 0 Å². The van der Waals surface area contributed by atoms with Crippen LogP contribution in [0.4, 0.5) is 4.79 Å². The number of hydrogen-bond acceptors (Lipinski definition) is 8. The van der Waals surface area contributed by atoms with Crippen LogP contribution in [0.5, 0.6) is 0 Å². The Morgan fingerprint density at radius 2 is 1.94 bits per heavy atom. The van der Waals surface area contributed by atoms with Crippen molar-refractivity contribution in [3.8, 4) is 0 Å². The molecule has 34 heavy (non-hydrogen) atoms. The Morgan fingerprint density at radius 1 is 1.21 bits per heavy atom. The van der Waals surface area contributed by atoms with Crippen molar-refractivity contribution in [2.75, 3.05) is 56.2 Å². The molecule has 0 bridgehead atoms. The molecule has 4 atom stereocenters. The van der Waals surface area contributed by atoms with Crippen molar-refractivity contribution in [3.63, 3.8) is 0 Å². The molecular weight excluding hydrogens is 496 g/mol. The van der Waals surface area contributed by atoms with Crippen LogP contribution in [0.1, 0.15) is 26.2 Å². The van der Waals surface area contributed by atoms with E-state index in [1.54, 1.807) is 11.8 Å². The van der Waals surface area contributed by atoms with Crippen LogP contribution in [0, 0.1) is 0 Å². The summed E-state index contributed by atoms with van der Waals surface area (Å²) in [7, 11) is 2.01. The summed E-state index contributed by atoms with van der Waals surface area (Å²) in [5.41, 5.74) is 0. The van der Waals surface area contributed by atoms with Gasteiger partial charge in [-0.05, 0) is 19.2 Å². The Hall–Kier alpha value is -1.31. The minimum absolute atomic E-state index is 0.0108. The van der Waals surface area contributed by atoms with Gasteiger partial charge in [0.25, 0.3) is 0 Å². The average Bonchev–Trinajstić information content (AvgIpc) is 3.34. The maximum Gasteiger partial charge on any atom is 0.315 e. The number of carbonyl (C=O) groups excluding carboxylic acids is 4. The highest BCUT2D eigenvalue weighted by Gasteiger charge is 2.43. The Kier molecular flexibility index (Phi) is 13.3. The quantitative estimate of drug-likeness (QED) is 0.0907. The largest absolute Gasteiger partial charge is 0.354 e. The molecule has 0 radical (unpaired) electrons. The summed E-state index contributed by atoms with van der Waals surface area (Å²) in [4.78, 5) is 49.9. The molecular formula is C21H38N6O4S3. The molecule has 2 aliphatic rings. The third-order valence-electron chi connectivity index (χ3n) is 5.68. The standard InChI is InChI=1S/C21H38N6O4S3/c1-3-33-9-8-27(2)11-14(24-19(30)12-32)4-5-17(28)22-6-7-23-18(29)10-16-20-15(13-34-16)25-21(31)26-20/h14-16,20,32H,3-13H2,1-2H3,(H,22,28)(H,23,29)(H,24,30)(H2,25,26,31). The molecule has 0 saturated carbocycles. The SMILES string of the molecule is CCSCCN(C)CC(CCC(=O)NCCNC(=O)CC1SCC2NC(=O)NC21)NC(=O)CS. The first-order valence-electron chi connectivity index (χ1n) is 11.7. The fourth-order valence-corrected chi connectivity index (χ4v) is 6.23. The van der Waals surface area contributed by atoms with E-state index in [1.165, 1.54) is 0 Å². The maximum atomic E-state index is 12.3. The average molecular weight is 535 g/mol. The number of nitrogens with one attached hydrogen (secondary N) is 5. The molecule has 13 heteroatoms. The van der Waals surface area contributed by atoms with Gasteiger partial charge >= 0.3 is 6.03 Å². The first-order chi connectivity index (χ1) is 16.3. The second-order valence-electron chi connectivity index (χ2n) is 8.45. The third-order valence-corrected chi connectivity index (χ3v) is 8.28. The summed E-state index contributed by atoms with van der Waals surface area (Å²) in [5, 5.41) is 14.4. The van der Waals surface area contributed by atoms with Crippen LogP contribution >= 0.6 is 36.2 Å². The summed E-state index contributed by atoms with van der Waals surface area (Å²) in [5.74, 6) is 2.67. The molecule has 2 heterocycles. The topological polar surface area (TPSA) is 132 Å². The van der Waals surface area contributed by atoms with Gasteiger partial charge in [0.2, 0.25) is 17.7 Å². The number of carbonyl (C=O) groups is 4. The molecule has 2 fully saturated rings. The van der Waals surface area contributed by atoms with Crippen LogP contribution in [-0.2, 0) is 14.4 Å². The van der Waals surface area contributed by atoms with Gasteiger partial charge in [0.15, 0.2) is 0 Å². The number of thiol groups is 1. The number of hydrogen-bond donors (Lipinski definition) is 6. The zero-order valence-corrected chi connectivity index (χ0v) is 22.5. The van der Waals surface area contributed by atoms with Gasteiger partial charge < -0.3 is 31.5 Å². The number of thioether (sulfide) groups is 2. The number of urea groups is 1. The molecule has 0 aliphatic carbocycles. The Morgan fingerprint density at radius 3 is 2.65 bits per heavy atom. The predicted octanol–water partition coefficient (Wildman–Crippen LogP) is -0.346. The molecule has 194 valence electrons. The van der Waals surface area contributed by atoms with Gasteiger partial charge in [-0.25, -0.2) is 4.79 Å². The molecule has 5 amide bonds. The highest BCUT2D eigenvalue weighted by molar-refractivity contribution is 8.00. The molecule has 4 unspecified atom stereocenters. The van der Waals surface area contributed by atoms with Gasteiger partial charge in [0, 0.05) is 61.8 Å². The Bertz CT molecular complexity index is 701. The summed E-state index contributed by atoms with van der Waals surface area (Å²) < 4.78 is 0. The van der Waals surface area contributed by atoms with Gasteiger partial charge in [-0.15, -0.1) is 0 Å². The maximum absolute atomic E-state index is 12.3. The van der Waals surface area contributed by atoms with Crippen LogP contribution in [0.3, 0.4) is 0 Å². The van der Waals surface area contributed by atoms with E-state index in [1.807, 2.05) is 18.8 Å². The minimum Gasteiger partial charge on any atom is -0.354 e. The van der Waals surface area contributed by atoms with E-state index in [0.29, 0.717) is 32.5 Å². The zero-order valence-electron chi connectivity index (χ0n) is 19.9. The summed E-state index contributed by atoms with van der Waals surface area (Å²) in [6.45, 7) is 4.40. The molecule has 2 saturated heterocycles. The van der Waals surface area contributed by atoms with Gasteiger partial charge in [-0.2, -0.15) is 36.2 Å². The summed E-state index contributed by atoms with van der Waals surface area (Å²) >= 11 is 7.58. The van der Waals surface area contributed by atoms with E-state index >= 15 is 0 Å². The Labute approximate surface area is 216 Å². The van der Waals surface area contributed by atoms with E-state index in [9.17, 15) is 19.2 Å². The minimum atomic E-state index is -0.169. The second kappa shape index (κ2) is 15.6. The number of likely N-dealkylation sites (N-methyl/N-ethyl adjacent to an activating group) is 1. The second-order valence-corrected chi connectivity index (χ2v) is 11.4. The van der Waals surface area contributed by atoms with Crippen LogP contribution in [0.2, 0.25) is 0 Å². The molecule has 0 spiro atoms. The predicted molar refractivity (Wildman–Crippen MR) is 142 cm³/mol. The van der Waals surface area contributed by atoms with Crippen molar-refractivity contribution < 1.29 is 19.2 Å². The van der Waals surface area contributed by atoms with Crippen molar-refractivity contribution in [2.45, 2.75) is 49.6 Å². The van der Waals surface area contributed by atoms with Gasteiger partial charge in [0.1, 0.15) is 0 Å². The molecule has 0 aromatic carbocycles. The van der Waals surface area contributed by atoms with Gasteiger partial charge in [-0.1, -0.05) is 6.92 Å². The van der Waals surface area contributed by atoms with Crippen molar-refractivity contribution in [1.29, 1.82) is 0 Å². The molecule has 5 N–H and O–H groups in total. The van der Waals surface area contributed by atoms with E-state index < -0.39 is 0 Å². The molecule has 2 aliphatic heterocycles. The number of fused-ring (bicyclic) bond motifs is 1. The van der Waals surface area contributed by atoms with Gasteiger partial charge in [-0.3, -0.25) is 14.4 Å². The number of amides is 5. The lowest BCUT2D eigenvalue weighted by Crippen LogP contribution is -2.44. The van der Waals surface area contributed by atoms with Crippen molar-refractivity contribution in [1.82, 2.24) is 31.5 Å². The first kappa shape index (κ1) is 28.9. The van der Waals surface area contributed by atoms with Crippen molar-refractivity contribution in [2.24, 2.45) is 0 Å². The molecule has 10 nitrogen and oxygen atoms in total. The fourth-order valence-electron chi connectivity index (χ4n) is 3.93. The lowest BCUT2D eigenvalue weighted by atomic mass is 10.1.